The Morgan fingerprint density at radius 3 is 2.10 bits per heavy atom. The molecule has 1 atom stereocenters. The van der Waals surface area contributed by atoms with Crippen LogP contribution in [0, 0.1) is 10.1 Å². The lowest BCUT2D eigenvalue weighted by Crippen LogP contribution is -2.35. The third kappa shape index (κ3) is 4.25. The monoisotopic (exact) mass is 315 g/mol. The van der Waals surface area contributed by atoms with E-state index in [0.717, 1.165) is 24.3 Å². The number of non-ortho nitro benzene ring substituents is 1. The van der Waals surface area contributed by atoms with Crippen molar-refractivity contribution in [3.8, 4) is 0 Å². The molecular formula is C13H17NO6S. The van der Waals surface area contributed by atoms with Crippen molar-refractivity contribution in [3.63, 3.8) is 0 Å². The van der Waals surface area contributed by atoms with E-state index in [1.807, 2.05) is 0 Å². The number of nitrogens with zero attached hydrogens (tertiary/aromatic N) is 1. The number of benzene rings is 1. The van der Waals surface area contributed by atoms with Crippen LogP contribution in [0.5, 0.6) is 0 Å². The lowest BCUT2D eigenvalue weighted by Gasteiger charge is -2.22. The van der Waals surface area contributed by atoms with Crippen LogP contribution in [0.15, 0.2) is 29.2 Å². The lowest BCUT2D eigenvalue weighted by molar-refractivity contribution is -0.384. The van der Waals surface area contributed by atoms with Crippen molar-refractivity contribution in [2.24, 2.45) is 0 Å². The zero-order valence-corrected chi connectivity index (χ0v) is 13.0. The number of carbonyl (C=O) groups is 1. The van der Waals surface area contributed by atoms with Crippen molar-refractivity contribution >= 4 is 21.5 Å². The molecule has 1 rings (SSSR count). The lowest BCUT2D eigenvalue weighted by atomic mass is 10.2. The smallest absolute Gasteiger partial charge is 0.324 e. The van der Waals surface area contributed by atoms with E-state index < -0.39 is 31.6 Å². The number of hydrogen-bond donors (Lipinski definition) is 0. The van der Waals surface area contributed by atoms with Gasteiger partial charge in [0.2, 0.25) is 0 Å². The SMILES string of the molecule is CC(C(=O)OC(C)(C)C)S(=O)(=O)c1ccc([N+](=O)[O-])cc1. The first kappa shape index (κ1) is 17.1. The van der Waals surface area contributed by atoms with Gasteiger partial charge in [0.25, 0.3) is 5.69 Å². The van der Waals surface area contributed by atoms with Crippen LogP contribution < -0.4 is 0 Å². The molecule has 0 aliphatic heterocycles. The number of nitro benzene ring substituents is 1. The third-order valence-corrected chi connectivity index (χ3v) is 4.63. The second-order valence-corrected chi connectivity index (χ2v) is 7.74. The molecule has 0 fully saturated rings. The van der Waals surface area contributed by atoms with Crippen LogP contribution in [-0.2, 0) is 19.4 Å². The number of carbonyl (C=O) groups excluding carboxylic acids is 1. The predicted octanol–water partition coefficient (Wildman–Crippen LogP) is 2.10. The van der Waals surface area contributed by atoms with Crippen molar-refractivity contribution in [2.45, 2.75) is 43.4 Å². The molecule has 0 aliphatic rings. The number of hydrogen-bond acceptors (Lipinski definition) is 6. The fourth-order valence-electron chi connectivity index (χ4n) is 1.47. The highest BCUT2D eigenvalue weighted by Gasteiger charge is 2.33. The van der Waals surface area contributed by atoms with Gasteiger partial charge in [-0.05, 0) is 39.8 Å². The topological polar surface area (TPSA) is 104 Å². The zero-order valence-electron chi connectivity index (χ0n) is 12.2. The Balaban J connectivity index is 3.04. The summed E-state index contributed by atoms with van der Waals surface area (Å²) >= 11 is 0. The zero-order chi connectivity index (χ0) is 16.4. The Labute approximate surface area is 123 Å². The van der Waals surface area contributed by atoms with E-state index in [-0.39, 0.29) is 10.6 Å². The average molecular weight is 315 g/mol. The van der Waals surface area contributed by atoms with Gasteiger partial charge in [-0.3, -0.25) is 14.9 Å². The third-order valence-electron chi connectivity index (χ3n) is 2.58. The molecule has 0 radical (unpaired) electrons. The molecule has 0 bridgehead atoms. The predicted molar refractivity (Wildman–Crippen MR) is 75.6 cm³/mol. The van der Waals surface area contributed by atoms with Crippen LogP contribution in [0.3, 0.4) is 0 Å². The summed E-state index contributed by atoms with van der Waals surface area (Å²) in [6, 6.07) is 4.37. The van der Waals surface area contributed by atoms with E-state index in [9.17, 15) is 23.3 Å². The van der Waals surface area contributed by atoms with E-state index in [1.54, 1.807) is 20.8 Å². The van der Waals surface area contributed by atoms with Crippen LogP contribution in [0.1, 0.15) is 27.7 Å². The van der Waals surface area contributed by atoms with Crippen LogP contribution in [0.25, 0.3) is 0 Å². The first-order valence-electron chi connectivity index (χ1n) is 6.16. The van der Waals surface area contributed by atoms with Gasteiger partial charge in [0.1, 0.15) is 5.60 Å². The highest BCUT2D eigenvalue weighted by Crippen LogP contribution is 2.21. The summed E-state index contributed by atoms with van der Waals surface area (Å²) in [4.78, 5) is 21.6. The van der Waals surface area contributed by atoms with E-state index >= 15 is 0 Å². The summed E-state index contributed by atoms with van der Waals surface area (Å²) in [6.07, 6.45) is 0. The van der Waals surface area contributed by atoms with E-state index in [0.29, 0.717) is 0 Å². The molecule has 0 amide bonds. The minimum absolute atomic E-state index is 0.161. The maximum absolute atomic E-state index is 12.3. The molecular weight excluding hydrogens is 298 g/mol. The summed E-state index contributed by atoms with van der Waals surface area (Å²) in [6.45, 7) is 6.13. The van der Waals surface area contributed by atoms with Gasteiger partial charge in [0, 0.05) is 12.1 Å². The Morgan fingerprint density at radius 1 is 1.24 bits per heavy atom. The molecule has 0 aromatic heterocycles. The second kappa shape index (κ2) is 5.80. The minimum Gasteiger partial charge on any atom is -0.459 e. The minimum atomic E-state index is -3.95. The van der Waals surface area contributed by atoms with Crippen LogP contribution in [0.4, 0.5) is 5.69 Å². The highest BCUT2D eigenvalue weighted by molar-refractivity contribution is 7.92. The summed E-state index contributed by atoms with van der Waals surface area (Å²) in [5.74, 6) is -0.860. The second-order valence-electron chi connectivity index (χ2n) is 5.47. The molecule has 21 heavy (non-hydrogen) atoms. The summed E-state index contributed by atoms with van der Waals surface area (Å²) < 4.78 is 29.6. The molecule has 8 heteroatoms. The largest absolute Gasteiger partial charge is 0.459 e. The molecule has 116 valence electrons. The van der Waals surface area contributed by atoms with Crippen LogP contribution in [-0.4, -0.2) is 30.2 Å². The van der Waals surface area contributed by atoms with Crippen molar-refractivity contribution in [1.82, 2.24) is 0 Å². The summed E-state index contributed by atoms with van der Waals surface area (Å²) in [5.41, 5.74) is -1.02. The average Bonchev–Trinajstić information content (AvgIpc) is 2.35. The quantitative estimate of drug-likeness (QED) is 0.479. The Morgan fingerprint density at radius 2 is 1.71 bits per heavy atom. The molecule has 7 nitrogen and oxygen atoms in total. The highest BCUT2D eigenvalue weighted by atomic mass is 32.2. The van der Waals surface area contributed by atoms with Crippen LogP contribution >= 0.6 is 0 Å². The standard InChI is InChI=1S/C13H17NO6S/c1-9(12(15)20-13(2,3)4)21(18,19)11-7-5-10(6-8-11)14(16)17/h5-9H,1-4H3. The molecule has 1 unspecified atom stereocenters. The van der Waals surface area contributed by atoms with Crippen molar-refractivity contribution in [3.05, 3.63) is 34.4 Å². The molecule has 0 spiro atoms. The molecule has 1 aromatic carbocycles. The molecule has 0 N–H and O–H groups in total. The number of esters is 1. The maximum Gasteiger partial charge on any atom is 0.324 e. The Hall–Kier alpha value is -1.96. The molecule has 0 heterocycles. The van der Waals surface area contributed by atoms with E-state index in [2.05, 4.69) is 0 Å². The molecule has 1 aromatic rings. The van der Waals surface area contributed by atoms with Crippen molar-refractivity contribution < 1.29 is 22.9 Å². The van der Waals surface area contributed by atoms with E-state index in [1.165, 1.54) is 6.92 Å². The molecule has 0 saturated heterocycles. The maximum atomic E-state index is 12.3. The fraction of sp³-hybridized carbons (Fsp3) is 0.462. The first-order valence-corrected chi connectivity index (χ1v) is 7.71. The first-order chi connectivity index (χ1) is 9.45. The van der Waals surface area contributed by atoms with Crippen molar-refractivity contribution in [1.29, 1.82) is 0 Å². The van der Waals surface area contributed by atoms with Gasteiger partial charge < -0.3 is 4.74 Å². The number of nitro groups is 1. The van der Waals surface area contributed by atoms with Crippen molar-refractivity contribution in [2.75, 3.05) is 0 Å². The normalized spacial score (nSPS) is 13.5. The summed E-state index contributed by atoms with van der Waals surface area (Å²) in [7, 11) is -3.95. The van der Waals surface area contributed by atoms with Gasteiger partial charge in [0.05, 0.1) is 9.82 Å². The van der Waals surface area contributed by atoms with Gasteiger partial charge in [-0.15, -0.1) is 0 Å². The fourth-order valence-corrected chi connectivity index (χ4v) is 2.70. The Bertz CT molecular complexity index is 642. The van der Waals surface area contributed by atoms with Gasteiger partial charge in [-0.25, -0.2) is 8.42 Å². The van der Waals surface area contributed by atoms with Gasteiger partial charge in [-0.2, -0.15) is 0 Å². The van der Waals surface area contributed by atoms with Gasteiger partial charge >= 0.3 is 5.97 Å². The Kier molecular flexibility index (Phi) is 4.72. The van der Waals surface area contributed by atoms with Gasteiger partial charge in [-0.1, -0.05) is 0 Å². The van der Waals surface area contributed by atoms with Crippen LogP contribution in [0.2, 0.25) is 0 Å². The number of rotatable bonds is 4. The molecule has 0 aliphatic carbocycles. The number of ether oxygens (including phenoxy) is 1. The number of sulfone groups is 1. The van der Waals surface area contributed by atoms with E-state index in [4.69, 9.17) is 4.74 Å². The van der Waals surface area contributed by atoms with Gasteiger partial charge in [0.15, 0.2) is 15.1 Å². The summed E-state index contributed by atoms with van der Waals surface area (Å²) in [5, 5.41) is 9.15. The molecule has 0 saturated carbocycles.